The molecule has 1 aromatic heterocycles. The number of rotatable bonds is 2. The molecule has 5 heteroatoms. The van der Waals surface area contributed by atoms with E-state index in [1.165, 1.54) is 12.1 Å². The van der Waals surface area contributed by atoms with Crippen LogP contribution >= 0.6 is 15.9 Å². The molecule has 0 radical (unpaired) electrons. The third kappa shape index (κ3) is 1.93. The van der Waals surface area contributed by atoms with Gasteiger partial charge < -0.3 is 5.73 Å². The fraction of sp³-hybridized carbons (Fsp3) is 0.100. The number of hydrogen-bond acceptors (Lipinski definition) is 2. The first-order chi connectivity index (χ1) is 7.22. The first-order valence-electron chi connectivity index (χ1n) is 4.41. The summed E-state index contributed by atoms with van der Waals surface area (Å²) in [6.07, 6.45) is 1.66. The van der Waals surface area contributed by atoms with E-state index in [1.807, 2.05) is 0 Å². The highest BCUT2D eigenvalue weighted by Crippen LogP contribution is 2.20. The van der Waals surface area contributed by atoms with Crippen molar-refractivity contribution in [3.05, 3.63) is 46.4 Å². The van der Waals surface area contributed by atoms with Crippen LogP contribution in [0.15, 0.2) is 35.1 Å². The molecule has 3 nitrogen and oxygen atoms in total. The molecule has 0 saturated heterocycles. The van der Waals surface area contributed by atoms with Gasteiger partial charge >= 0.3 is 0 Å². The van der Waals surface area contributed by atoms with Gasteiger partial charge in [0.15, 0.2) is 0 Å². The summed E-state index contributed by atoms with van der Waals surface area (Å²) in [5.41, 5.74) is 7.07. The van der Waals surface area contributed by atoms with Crippen LogP contribution < -0.4 is 5.73 Å². The topological polar surface area (TPSA) is 43.8 Å². The molecular weight excluding hydrogens is 261 g/mol. The van der Waals surface area contributed by atoms with E-state index in [0.29, 0.717) is 12.2 Å². The highest BCUT2D eigenvalue weighted by atomic mass is 79.9. The minimum atomic E-state index is -0.288. The zero-order chi connectivity index (χ0) is 10.8. The quantitative estimate of drug-likeness (QED) is 0.909. The number of halogens is 2. The van der Waals surface area contributed by atoms with Gasteiger partial charge in [-0.2, -0.15) is 5.10 Å². The maximum atomic E-state index is 13.0. The molecule has 0 aliphatic heterocycles. The second kappa shape index (κ2) is 4.12. The number of nitrogens with zero attached hydrogens (tertiary/aromatic N) is 2. The molecule has 0 spiro atoms. The van der Waals surface area contributed by atoms with Gasteiger partial charge in [0.1, 0.15) is 10.4 Å². The Kier molecular flexibility index (Phi) is 2.83. The van der Waals surface area contributed by atoms with Crippen LogP contribution in [0.2, 0.25) is 0 Å². The van der Waals surface area contributed by atoms with Crippen molar-refractivity contribution < 1.29 is 4.39 Å². The Labute approximate surface area is 94.8 Å². The molecule has 0 bridgehead atoms. The predicted octanol–water partition coefficient (Wildman–Crippen LogP) is 2.23. The van der Waals surface area contributed by atoms with Gasteiger partial charge in [0.05, 0.1) is 11.9 Å². The Morgan fingerprint density at radius 1 is 1.47 bits per heavy atom. The van der Waals surface area contributed by atoms with E-state index in [-0.39, 0.29) is 5.82 Å². The molecule has 2 aromatic rings. The lowest BCUT2D eigenvalue weighted by molar-refractivity contribution is 0.625. The average Bonchev–Trinajstić information content (AvgIpc) is 2.59. The largest absolute Gasteiger partial charge is 0.326 e. The van der Waals surface area contributed by atoms with Gasteiger partial charge in [0, 0.05) is 12.1 Å². The van der Waals surface area contributed by atoms with Gasteiger partial charge in [-0.15, -0.1) is 0 Å². The molecule has 0 amide bonds. The van der Waals surface area contributed by atoms with Crippen molar-refractivity contribution in [1.29, 1.82) is 0 Å². The Morgan fingerprint density at radius 3 is 2.87 bits per heavy atom. The van der Waals surface area contributed by atoms with Crippen LogP contribution in [0.5, 0.6) is 0 Å². The van der Waals surface area contributed by atoms with Crippen LogP contribution in [0.25, 0.3) is 5.69 Å². The normalized spacial score (nSPS) is 10.6. The van der Waals surface area contributed by atoms with Gasteiger partial charge in [-0.3, -0.25) is 0 Å². The lowest BCUT2D eigenvalue weighted by atomic mass is 10.3. The minimum absolute atomic E-state index is 0.288. The maximum absolute atomic E-state index is 13.0. The smallest absolute Gasteiger partial charge is 0.125 e. The number of nitrogens with two attached hydrogens (primary N) is 1. The standard InChI is InChI=1S/C10H9BrFN3/c11-10-7(5-13)6-14-15(10)9-3-1-2-8(12)4-9/h1-4,6H,5,13H2. The molecule has 0 unspecified atom stereocenters. The molecule has 78 valence electrons. The van der Waals surface area contributed by atoms with Gasteiger partial charge in [-0.1, -0.05) is 6.07 Å². The van der Waals surface area contributed by atoms with E-state index in [0.717, 1.165) is 10.2 Å². The van der Waals surface area contributed by atoms with Crippen molar-refractivity contribution >= 4 is 15.9 Å². The summed E-state index contributed by atoms with van der Waals surface area (Å²) >= 11 is 3.37. The lowest BCUT2D eigenvalue weighted by Crippen LogP contribution is -1.99. The molecule has 1 heterocycles. The Hall–Kier alpha value is -1.20. The molecule has 15 heavy (non-hydrogen) atoms. The summed E-state index contributed by atoms with van der Waals surface area (Å²) in [6, 6.07) is 6.23. The van der Waals surface area contributed by atoms with Gasteiger partial charge in [0.25, 0.3) is 0 Å². The van der Waals surface area contributed by atoms with Crippen molar-refractivity contribution in [3.63, 3.8) is 0 Å². The van der Waals surface area contributed by atoms with Crippen LogP contribution in [0.3, 0.4) is 0 Å². The predicted molar refractivity (Wildman–Crippen MR) is 59.1 cm³/mol. The van der Waals surface area contributed by atoms with Gasteiger partial charge in [-0.25, -0.2) is 9.07 Å². The number of hydrogen-bond donors (Lipinski definition) is 1. The molecule has 2 N–H and O–H groups in total. The van der Waals surface area contributed by atoms with Crippen LogP contribution in [0, 0.1) is 5.82 Å². The molecule has 2 rings (SSSR count). The molecule has 0 aliphatic carbocycles. The van der Waals surface area contributed by atoms with Crippen molar-refractivity contribution in [2.24, 2.45) is 5.73 Å². The second-order valence-corrected chi connectivity index (χ2v) is 3.81. The van der Waals surface area contributed by atoms with Crippen LogP contribution in [-0.4, -0.2) is 9.78 Å². The Balaban J connectivity index is 2.49. The highest BCUT2D eigenvalue weighted by Gasteiger charge is 2.08. The summed E-state index contributed by atoms with van der Waals surface area (Å²) in [4.78, 5) is 0. The van der Waals surface area contributed by atoms with E-state index in [1.54, 1.807) is 23.0 Å². The zero-order valence-corrected chi connectivity index (χ0v) is 9.41. The third-order valence-electron chi connectivity index (χ3n) is 2.05. The fourth-order valence-electron chi connectivity index (χ4n) is 1.29. The summed E-state index contributed by atoms with van der Waals surface area (Å²) in [5.74, 6) is -0.288. The van der Waals surface area contributed by atoms with E-state index in [4.69, 9.17) is 5.73 Å². The minimum Gasteiger partial charge on any atom is -0.326 e. The zero-order valence-electron chi connectivity index (χ0n) is 7.82. The van der Waals surface area contributed by atoms with Crippen molar-refractivity contribution in [2.45, 2.75) is 6.54 Å². The van der Waals surface area contributed by atoms with Crippen LogP contribution in [0.1, 0.15) is 5.56 Å². The van der Waals surface area contributed by atoms with Crippen molar-refractivity contribution in [3.8, 4) is 5.69 Å². The Bertz CT molecular complexity index is 481. The fourth-order valence-corrected chi connectivity index (χ4v) is 1.85. The molecule has 0 aliphatic rings. The summed E-state index contributed by atoms with van der Waals surface area (Å²) in [5, 5.41) is 4.12. The highest BCUT2D eigenvalue weighted by molar-refractivity contribution is 9.10. The van der Waals surface area contributed by atoms with Gasteiger partial charge in [-0.05, 0) is 34.1 Å². The van der Waals surface area contributed by atoms with Crippen LogP contribution in [0.4, 0.5) is 4.39 Å². The summed E-state index contributed by atoms with van der Waals surface area (Å²) in [7, 11) is 0. The number of aromatic nitrogens is 2. The van der Waals surface area contributed by atoms with E-state index < -0.39 is 0 Å². The first-order valence-corrected chi connectivity index (χ1v) is 5.20. The van der Waals surface area contributed by atoms with E-state index in [9.17, 15) is 4.39 Å². The van der Waals surface area contributed by atoms with Crippen LogP contribution in [-0.2, 0) is 6.54 Å². The molecule has 0 atom stereocenters. The molecule has 0 saturated carbocycles. The maximum Gasteiger partial charge on any atom is 0.125 e. The van der Waals surface area contributed by atoms with E-state index >= 15 is 0 Å². The molecule has 0 fully saturated rings. The van der Waals surface area contributed by atoms with Crippen molar-refractivity contribution in [1.82, 2.24) is 9.78 Å². The third-order valence-corrected chi connectivity index (χ3v) is 2.90. The SMILES string of the molecule is NCc1cnn(-c2cccc(F)c2)c1Br. The number of benzene rings is 1. The second-order valence-electron chi connectivity index (χ2n) is 3.06. The molecular formula is C10H9BrFN3. The van der Waals surface area contributed by atoms with Crippen molar-refractivity contribution in [2.75, 3.05) is 0 Å². The van der Waals surface area contributed by atoms with Gasteiger partial charge in [0.2, 0.25) is 0 Å². The van der Waals surface area contributed by atoms with E-state index in [2.05, 4.69) is 21.0 Å². The Morgan fingerprint density at radius 2 is 2.27 bits per heavy atom. The first kappa shape index (κ1) is 10.3. The molecule has 1 aromatic carbocycles. The summed E-state index contributed by atoms with van der Waals surface area (Å²) < 4.78 is 15.4. The summed E-state index contributed by atoms with van der Waals surface area (Å²) in [6.45, 7) is 0.399. The monoisotopic (exact) mass is 269 g/mol. The average molecular weight is 270 g/mol. The lowest BCUT2D eigenvalue weighted by Gasteiger charge is -2.03.